The van der Waals surface area contributed by atoms with Crippen LogP contribution in [0.1, 0.15) is 0 Å². The first-order chi connectivity index (χ1) is 14.6. The number of halogens is 2. The van der Waals surface area contributed by atoms with Crippen LogP contribution in [-0.4, -0.2) is 29.3 Å². The monoisotopic (exact) mass is 542 g/mol. The van der Waals surface area contributed by atoms with Gasteiger partial charge in [0.1, 0.15) is 16.9 Å². The first-order valence-electron chi connectivity index (χ1n) is 8.94. The standard InChI is InChI=1S/C7H6BrN2P.C7H5BrN2.C7H6N2/c8-6-3-5-1-2-10(11)7(5)9-4-6;8-6-3-5-1-2-9-7(5)10-4-6;1-2-6-3-5-9-7(6)8-4-1/h1-4H,11H2;1-4H,(H,9,10);1-5H,(H,8,9). The minimum atomic E-state index is 0.934. The van der Waals surface area contributed by atoms with Gasteiger partial charge in [-0.1, -0.05) is 0 Å². The molecule has 30 heavy (non-hydrogen) atoms. The molecule has 150 valence electrons. The molecule has 6 aromatic heterocycles. The van der Waals surface area contributed by atoms with Crippen molar-refractivity contribution in [3.8, 4) is 0 Å². The van der Waals surface area contributed by atoms with E-state index in [0.29, 0.717) is 0 Å². The fourth-order valence-corrected chi connectivity index (χ4v) is 3.81. The Morgan fingerprint density at radius 2 is 1.43 bits per heavy atom. The van der Waals surface area contributed by atoms with E-state index in [9.17, 15) is 0 Å². The fourth-order valence-electron chi connectivity index (χ4n) is 2.81. The SMILES string of the molecule is Brc1cnc2[nH]ccc2c1.Pn1ccc2cc(Br)cnc21.c1cnc2[nH]ccc2c1. The Bertz CT molecular complexity index is 1370. The van der Waals surface area contributed by atoms with E-state index < -0.39 is 0 Å². The lowest BCUT2D eigenvalue weighted by atomic mass is 10.3. The summed E-state index contributed by atoms with van der Waals surface area (Å²) in [6.07, 6.45) is 11.1. The zero-order chi connectivity index (χ0) is 20.9. The number of H-pyrrole nitrogens is 2. The highest BCUT2D eigenvalue weighted by Crippen LogP contribution is 2.19. The van der Waals surface area contributed by atoms with Crippen molar-refractivity contribution in [1.29, 1.82) is 0 Å². The maximum absolute atomic E-state index is 4.24. The van der Waals surface area contributed by atoms with E-state index in [1.807, 2.05) is 65.4 Å². The molecule has 0 aliphatic carbocycles. The average Bonchev–Trinajstić information content (AvgIpc) is 3.48. The fraction of sp³-hybridized carbons (Fsp3) is 0. The van der Waals surface area contributed by atoms with Gasteiger partial charge in [-0.2, -0.15) is 0 Å². The van der Waals surface area contributed by atoms with Gasteiger partial charge in [0, 0.05) is 62.3 Å². The van der Waals surface area contributed by atoms with Crippen molar-refractivity contribution in [2.24, 2.45) is 0 Å². The van der Waals surface area contributed by atoms with Gasteiger partial charge in [0.25, 0.3) is 0 Å². The number of pyridine rings is 3. The molecule has 6 aromatic rings. The third-order valence-corrected chi connectivity index (χ3v) is 5.49. The molecular weight excluding hydrogens is 527 g/mol. The normalized spacial score (nSPS) is 10.5. The van der Waals surface area contributed by atoms with E-state index in [1.165, 1.54) is 0 Å². The molecule has 1 atom stereocenters. The van der Waals surface area contributed by atoms with E-state index in [4.69, 9.17) is 0 Å². The van der Waals surface area contributed by atoms with Crippen molar-refractivity contribution in [2.75, 3.05) is 0 Å². The van der Waals surface area contributed by atoms with E-state index in [-0.39, 0.29) is 0 Å². The number of hydrogen-bond donors (Lipinski definition) is 2. The lowest BCUT2D eigenvalue weighted by Crippen LogP contribution is -1.79. The molecule has 0 saturated carbocycles. The number of aromatic amines is 2. The maximum atomic E-state index is 4.24. The molecule has 0 amide bonds. The first kappa shape index (κ1) is 20.7. The van der Waals surface area contributed by atoms with Gasteiger partial charge in [-0.15, -0.1) is 0 Å². The second kappa shape index (κ2) is 9.51. The Hall–Kier alpha value is -2.54. The third kappa shape index (κ3) is 4.95. The van der Waals surface area contributed by atoms with Crippen LogP contribution in [0.15, 0.2) is 88.6 Å². The van der Waals surface area contributed by atoms with Crippen LogP contribution in [0.4, 0.5) is 0 Å². The topological polar surface area (TPSA) is 75.2 Å². The molecule has 6 heterocycles. The number of nitrogens with zero attached hydrogens (tertiary/aromatic N) is 4. The summed E-state index contributed by atoms with van der Waals surface area (Å²) in [5, 5.41) is 3.45. The molecule has 0 fully saturated rings. The molecule has 0 radical (unpaired) electrons. The third-order valence-electron chi connectivity index (χ3n) is 4.21. The molecule has 0 spiro atoms. The largest absolute Gasteiger partial charge is 0.346 e. The van der Waals surface area contributed by atoms with Gasteiger partial charge in [0.15, 0.2) is 0 Å². The van der Waals surface area contributed by atoms with Crippen LogP contribution in [0.5, 0.6) is 0 Å². The minimum absolute atomic E-state index is 0.934. The van der Waals surface area contributed by atoms with Gasteiger partial charge >= 0.3 is 0 Å². The number of hydrogen-bond acceptors (Lipinski definition) is 3. The molecular formula is C21H17Br2N6P. The highest BCUT2D eigenvalue weighted by molar-refractivity contribution is 9.10. The van der Waals surface area contributed by atoms with Gasteiger partial charge in [-0.3, -0.25) is 0 Å². The van der Waals surface area contributed by atoms with Crippen molar-refractivity contribution in [3.63, 3.8) is 0 Å². The van der Waals surface area contributed by atoms with Gasteiger partial charge in [-0.05, 0) is 83.7 Å². The predicted molar refractivity (Wildman–Crippen MR) is 132 cm³/mol. The van der Waals surface area contributed by atoms with Crippen LogP contribution in [0.2, 0.25) is 0 Å². The molecule has 0 bridgehead atoms. The zero-order valence-electron chi connectivity index (χ0n) is 15.6. The summed E-state index contributed by atoms with van der Waals surface area (Å²) >= 11 is 6.70. The Morgan fingerprint density at radius 3 is 2.20 bits per heavy atom. The molecule has 6 rings (SSSR count). The summed E-state index contributed by atoms with van der Waals surface area (Å²) < 4.78 is 3.95. The van der Waals surface area contributed by atoms with Crippen molar-refractivity contribution >= 4 is 74.4 Å². The number of aromatic nitrogens is 6. The molecule has 1 unspecified atom stereocenters. The lowest BCUT2D eigenvalue weighted by molar-refractivity contribution is 1.25. The van der Waals surface area contributed by atoms with E-state index >= 15 is 0 Å². The summed E-state index contributed by atoms with van der Waals surface area (Å²) in [4.78, 5) is 18.5. The van der Waals surface area contributed by atoms with Crippen LogP contribution in [0, 0.1) is 0 Å². The summed E-state index contributed by atoms with van der Waals surface area (Å²) in [6.45, 7) is 0. The summed E-state index contributed by atoms with van der Waals surface area (Å²) in [7, 11) is 2.59. The summed E-state index contributed by atoms with van der Waals surface area (Å²) in [6, 6.07) is 14.0. The zero-order valence-corrected chi connectivity index (χ0v) is 20.0. The smallest absolute Gasteiger partial charge is 0.142 e. The van der Waals surface area contributed by atoms with Gasteiger partial charge in [0.05, 0.1) is 0 Å². The Labute approximate surface area is 191 Å². The number of fused-ring (bicyclic) bond motifs is 3. The van der Waals surface area contributed by atoms with Crippen LogP contribution in [0.25, 0.3) is 33.1 Å². The molecule has 2 N–H and O–H groups in total. The predicted octanol–water partition coefficient (Wildman–Crippen LogP) is 6.33. The van der Waals surface area contributed by atoms with E-state index in [1.54, 1.807) is 18.6 Å². The highest BCUT2D eigenvalue weighted by Gasteiger charge is 1.98. The van der Waals surface area contributed by atoms with Crippen molar-refractivity contribution in [3.05, 3.63) is 88.6 Å². The Balaban J connectivity index is 0.000000109. The first-order valence-corrected chi connectivity index (χ1v) is 11.0. The van der Waals surface area contributed by atoms with Crippen LogP contribution < -0.4 is 0 Å². The maximum Gasteiger partial charge on any atom is 0.142 e. The molecule has 6 nitrogen and oxygen atoms in total. The van der Waals surface area contributed by atoms with Crippen molar-refractivity contribution < 1.29 is 0 Å². The summed E-state index contributed by atoms with van der Waals surface area (Å²) in [5.74, 6) is 0. The van der Waals surface area contributed by atoms with Gasteiger partial charge < -0.3 is 14.3 Å². The second-order valence-corrected chi connectivity index (χ2v) is 8.67. The number of rotatable bonds is 0. The van der Waals surface area contributed by atoms with Gasteiger partial charge in [-0.25, -0.2) is 15.0 Å². The van der Waals surface area contributed by atoms with E-state index in [2.05, 4.69) is 66.2 Å². The molecule has 0 aliphatic heterocycles. The Morgan fingerprint density at radius 1 is 0.767 bits per heavy atom. The van der Waals surface area contributed by atoms with Crippen LogP contribution >= 0.6 is 41.3 Å². The molecule has 0 saturated heterocycles. The van der Waals surface area contributed by atoms with Crippen LogP contribution in [0.3, 0.4) is 0 Å². The second-order valence-electron chi connectivity index (χ2n) is 6.28. The Kier molecular flexibility index (Phi) is 6.57. The molecule has 0 aliphatic rings. The lowest BCUT2D eigenvalue weighted by Gasteiger charge is -1.93. The highest BCUT2D eigenvalue weighted by atomic mass is 79.9. The van der Waals surface area contributed by atoms with Crippen LogP contribution in [-0.2, 0) is 0 Å². The molecule has 9 heteroatoms. The summed E-state index contributed by atoms with van der Waals surface area (Å²) in [5.41, 5.74) is 2.87. The number of nitrogens with one attached hydrogen (secondary N) is 2. The average molecular weight is 544 g/mol. The quantitative estimate of drug-likeness (QED) is 0.220. The molecule has 0 aromatic carbocycles. The van der Waals surface area contributed by atoms with Crippen molar-refractivity contribution in [1.82, 2.24) is 29.3 Å². The van der Waals surface area contributed by atoms with E-state index in [0.717, 1.165) is 42.0 Å². The van der Waals surface area contributed by atoms with Gasteiger partial charge in [0.2, 0.25) is 0 Å². The van der Waals surface area contributed by atoms with Crippen molar-refractivity contribution in [2.45, 2.75) is 0 Å². The minimum Gasteiger partial charge on any atom is -0.346 e.